The van der Waals surface area contributed by atoms with E-state index >= 15 is 0 Å². The van der Waals surface area contributed by atoms with Gasteiger partial charge in [0.15, 0.2) is 0 Å². The summed E-state index contributed by atoms with van der Waals surface area (Å²) in [6, 6.07) is 7.86. The van der Waals surface area contributed by atoms with Crippen LogP contribution in [0.4, 0.5) is 0 Å². The van der Waals surface area contributed by atoms with Gasteiger partial charge in [-0.1, -0.05) is 24.6 Å². The summed E-state index contributed by atoms with van der Waals surface area (Å²) >= 11 is 3.37. The molecule has 0 bridgehead atoms. The third kappa shape index (κ3) is 3.07. The molecule has 0 saturated heterocycles. The summed E-state index contributed by atoms with van der Waals surface area (Å²) in [6.07, 6.45) is 0.780. The second-order valence-corrected chi connectivity index (χ2v) is 4.98. The first-order chi connectivity index (χ1) is 8.58. The Morgan fingerprint density at radius 2 is 1.94 bits per heavy atom. The van der Waals surface area contributed by atoms with Crippen molar-refractivity contribution in [1.82, 2.24) is 9.97 Å². The van der Waals surface area contributed by atoms with Crippen molar-refractivity contribution in [2.45, 2.75) is 27.2 Å². The maximum atomic E-state index is 5.81. The normalized spacial score (nSPS) is 10.4. The largest absolute Gasteiger partial charge is 0.439 e. The summed E-state index contributed by atoms with van der Waals surface area (Å²) in [5, 5.41) is 0. The molecule has 2 aromatic rings. The third-order valence-electron chi connectivity index (χ3n) is 2.58. The fraction of sp³-hybridized carbons (Fsp3) is 0.286. The van der Waals surface area contributed by atoms with Crippen molar-refractivity contribution >= 4 is 15.9 Å². The second-order valence-electron chi connectivity index (χ2n) is 4.17. The van der Waals surface area contributed by atoms with Crippen LogP contribution in [0.3, 0.4) is 0 Å². The van der Waals surface area contributed by atoms with Gasteiger partial charge in [-0.15, -0.1) is 0 Å². The number of aromatic nitrogens is 2. The van der Waals surface area contributed by atoms with Gasteiger partial charge in [0, 0.05) is 12.5 Å². The molecule has 0 aliphatic rings. The molecule has 0 aliphatic heterocycles. The van der Waals surface area contributed by atoms with E-state index in [4.69, 9.17) is 4.74 Å². The number of hydrogen-bond acceptors (Lipinski definition) is 3. The highest BCUT2D eigenvalue weighted by Crippen LogP contribution is 2.25. The molecule has 18 heavy (non-hydrogen) atoms. The quantitative estimate of drug-likeness (QED) is 0.797. The molecule has 94 valence electrons. The Hall–Kier alpha value is -1.42. The number of aryl methyl sites for hydroxylation is 3. The first-order valence-corrected chi connectivity index (χ1v) is 6.66. The Bertz CT molecular complexity index is 570. The van der Waals surface area contributed by atoms with Crippen molar-refractivity contribution in [2.24, 2.45) is 0 Å². The summed E-state index contributed by atoms with van der Waals surface area (Å²) in [5.74, 6) is 2.16. The van der Waals surface area contributed by atoms with Crippen molar-refractivity contribution in [3.63, 3.8) is 0 Å². The van der Waals surface area contributed by atoms with Gasteiger partial charge in [0.2, 0.25) is 5.88 Å². The molecule has 0 saturated carbocycles. The van der Waals surface area contributed by atoms with Crippen molar-refractivity contribution in [3.8, 4) is 11.6 Å². The van der Waals surface area contributed by atoms with E-state index in [1.165, 1.54) is 5.56 Å². The molecule has 0 radical (unpaired) electrons. The molecule has 0 amide bonds. The predicted octanol–water partition coefficient (Wildman–Crippen LogP) is 4.21. The van der Waals surface area contributed by atoms with Gasteiger partial charge < -0.3 is 4.74 Å². The molecule has 0 unspecified atom stereocenters. The van der Waals surface area contributed by atoms with Gasteiger partial charge in [-0.25, -0.2) is 4.98 Å². The Kier molecular flexibility index (Phi) is 3.97. The number of benzene rings is 1. The lowest BCUT2D eigenvalue weighted by Gasteiger charge is -2.09. The number of ether oxygens (including phenoxy) is 1. The smallest absolute Gasteiger partial charge is 0.223 e. The fourth-order valence-electron chi connectivity index (χ4n) is 1.68. The van der Waals surface area contributed by atoms with E-state index in [0.29, 0.717) is 5.88 Å². The highest BCUT2D eigenvalue weighted by atomic mass is 79.9. The Morgan fingerprint density at radius 3 is 2.61 bits per heavy atom. The van der Waals surface area contributed by atoms with Crippen LogP contribution in [0.1, 0.15) is 23.9 Å². The lowest BCUT2D eigenvalue weighted by molar-refractivity contribution is 0.454. The lowest BCUT2D eigenvalue weighted by atomic mass is 10.1. The third-order valence-corrected chi connectivity index (χ3v) is 2.99. The average Bonchev–Trinajstić information content (AvgIpc) is 2.32. The number of hydrogen-bond donors (Lipinski definition) is 0. The summed E-state index contributed by atoms with van der Waals surface area (Å²) < 4.78 is 6.55. The highest BCUT2D eigenvalue weighted by molar-refractivity contribution is 9.10. The molecule has 0 fully saturated rings. The van der Waals surface area contributed by atoms with Gasteiger partial charge in [-0.05, 0) is 41.4 Å². The molecule has 1 aromatic carbocycles. The average molecular weight is 307 g/mol. The molecule has 3 nitrogen and oxygen atoms in total. The van der Waals surface area contributed by atoms with Crippen molar-refractivity contribution in [3.05, 3.63) is 45.8 Å². The molecule has 0 spiro atoms. The minimum atomic E-state index is 0.570. The van der Waals surface area contributed by atoms with Crippen LogP contribution in [0, 0.1) is 13.8 Å². The monoisotopic (exact) mass is 306 g/mol. The van der Waals surface area contributed by atoms with Crippen LogP contribution in [0.15, 0.2) is 28.9 Å². The predicted molar refractivity (Wildman–Crippen MR) is 75.1 cm³/mol. The zero-order valence-electron chi connectivity index (χ0n) is 10.7. The molecular weight excluding hydrogens is 292 g/mol. The molecular formula is C14H15BrN2O. The molecule has 1 heterocycles. The van der Waals surface area contributed by atoms with E-state index < -0.39 is 0 Å². The molecule has 1 aromatic heterocycles. The maximum Gasteiger partial charge on any atom is 0.223 e. The first-order valence-electron chi connectivity index (χ1n) is 5.87. The molecule has 0 aliphatic carbocycles. The van der Waals surface area contributed by atoms with Crippen LogP contribution in [-0.4, -0.2) is 9.97 Å². The summed E-state index contributed by atoms with van der Waals surface area (Å²) in [4.78, 5) is 8.60. The van der Waals surface area contributed by atoms with Gasteiger partial charge in [0.05, 0.1) is 0 Å². The highest BCUT2D eigenvalue weighted by Gasteiger charge is 2.06. The number of nitrogens with zero attached hydrogens (tertiary/aromatic N) is 2. The fourth-order valence-corrected chi connectivity index (χ4v) is 2.08. The van der Waals surface area contributed by atoms with Crippen LogP contribution in [-0.2, 0) is 6.42 Å². The standard InChI is InChI=1S/C14H15BrN2O/c1-4-13-16-12(15)8-14(17-13)18-11-6-5-9(2)7-10(11)3/h5-8H,4H2,1-3H3. The first kappa shape index (κ1) is 13.0. The van der Waals surface area contributed by atoms with Gasteiger partial charge >= 0.3 is 0 Å². The van der Waals surface area contributed by atoms with Crippen LogP contribution >= 0.6 is 15.9 Å². The topological polar surface area (TPSA) is 35.0 Å². The SMILES string of the molecule is CCc1nc(Br)cc(Oc2ccc(C)cc2C)n1. The van der Waals surface area contributed by atoms with Gasteiger partial charge in [0.1, 0.15) is 16.2 Å². The van der Waals surface area contributed by atoms with E-state index in [1.54, 1.807) is 6.07 Å². The zero-order chi connectivity index (χ0) is 13.1. The molecule has 2 rings (SSSR count). The molecule has 0 atom stereocenters. The summed E-state index contributed by atoms with van der Waals surface area (Å²) in [7, 11) is 0. The van der Waals surface area contributed by atoms with Crippen LogP contribution < -0.4 is 4.74 Å². The van der Waals surface area contributed by atoms with E-state index in [0.717, 1.165) is 28.2 Å². The van der Waals surface area contributed by atoms with Crippen LogP contribution in [0.25, 0.3) is 0 Å². The van der Waals surface area contributed by atoms with Crippen molar-refractivity contribution < 1.29 is 4.74 Å². The minimum absolute atomic E-state index is 0.570. The lowest BCUT2D eigenvalue weighted by Crippen LogP contribution is -1.97. The van der Waals surface area contributed by atoms with Crippen molar-refractivity contribution in [1.29, 1.82) is 0 Å². The Balaban J connectivity index is 2.30. The summed E-state index contributed by atoms with van der Waals surface area (Å²) in [5.41, 5.74) is 2.32. The van der Waals surface area contributed by atoms with E-state index in [-0.39, 0.29) is 0 Å². The van der Waals surface area contributed by atoms with E-state index in [1.807, 2.05) is 26.0 Å². The Labute approximate surface area is 115 Å². The number of halogens is 1. The second kappa shape index (κ2) is 5.48. The van der Waals surface area contributed by atoms with Gasteiger partial charge in [-0.3, -0.25) is 0 Å². The Morgan fingerprint density at radius 1 is 1.17 bits per heavy atom. The summed E-state index contributed by atoms with van der Waals surface area (Å²) in [6.45, 7) is 6.11. The number of rotatable bonds is 3. The van der Waals surface area contributed by atoms with Gasteiger partial charge in [-0.2, -0.15) is 4.98 Å². The zero-order valence-corrected chi connectivity index (χ0v) is 12.3. The molecule has 4 heteroatoms. The minimum Gasteiger partial charge on any atom is -0.439 e. The van der Waals surface area contributed by atoms with Crippen LogP contribution in [0.5, 0.6) is 11.6 Å². The molecule has 0 N–H and O–H groups in total. The van der Waals surface area contributed by atoms with E-state index in [9.17, 15) is 0 Å². The maximum absolute atomic E-state index is 5.81. The van der Waals surface area contributed by atoms with Crippen LogP contribution in [0.2, 0.25) is 0 Å². The van der Waals surface area contributed by atoms with E-state index in [2.05, 4.69) is 38.9 Å². The van der Waals surface area contributed by atoms with Gasteiger partial charge in [0.25, 0.3) is 0 Å². The van der Waals surface area contributed by atoms with Crippen molar-refractivity contribution in [2.75, 3.05) is 0 Å².